The van der Waals surface area contributed by atoms with Gasteiger partial charge in [-0.1, -0.05) is 12.1 Å². The average Bonchev–Trinajstić information content (AvgIpc) is 2.63. The number of aryl methyl sites for hydroxylation is 1. The molecule has 0 saturated heterocycles. The Morgan fingerprint density at radius 2 is 2.33 bits per heavy atom. The SMILES string of the molecule is CCCS(=O)CCn1cc(C(=O)O)nn1. The van der Waals surface area contributed by atoms with E-state index in [9.17, 15) is 9.00 Å². The van der Waals surface area contributed by atoms with Gasteiger partial charge in [0.2, 0.25) is 0 Å². The van der Waals surface area contributed by atoms with Gasteiger partial charge in [0.1, 0.15) is 0 Å². The van der Waals surface area contributed by atoms with Crippen LogP contribution in [0.5, 0.6) is 0 Å². The van der Waals surface area contributed by atoms with Gasteiger partial charge in [-0.2, -0.15) is 0 Å². The van der Waals surface area contributed by atoms with E-state index in [1.54, 1.807) is 0 Å². The van der Waals surface area contributed by atoms with Crippen LogP contribution in [0.15, 0.2) is 6.20 Å². The number of rotatable bonds is 6. The molecular weight excluding hydrogens is 218 g/mol. The lowest BCUT2D eigenvalue weighted by atomic mass is 10.5. The van der Waals surface area contributed by atoms with Gasteiger partial charge in [0.15, 0.2) is 5.69 Å². The molecule has 84 valence electrons. The Hall–Kier alpha value is -1.24. The van der Waals surface area contributed by atoms with Gasteiger partial charge in [-0.15, -0.1) is 5.10 Å². The minimum Gasteiger partial charge on any atom is -0.476 e. The molecule has 0 aliphatic heterocycles. The molecule has 0 amide bonds. The summed E-state index contributed by atoms with van der Waals surface area (Å²) < 4.78 is 12.7. The van der Waals surface area contributed by atoms with Crippen LogP contribution in [0.4, 0.5) is 0 Å². The van der Waals surface area contributed by atoms with Gasteiger partial charge in [-0.25, -0.2) is 4.79 Å². The summed E-state index contributed by atoms with van der Waals surface area (Å²) in [6.45, 7) is 2.41. The van der Waals surface area contributed by atoms with Crippen LogP contribution in [-0.2, 0) is 17.3 Å². The smallest absolute Gasteiger partial charge is 0.358 e. The lowest BCUT2D eigenvalue weighted by molar-refractivity contribution is 0.0690. The molecule has 6 nitrogen and oxygen atoms in total. The highest BCUT2D eigenvalue weighted by Crippen LogP contribution is 1.94. The summed E-state index contributed by atoms with van der Waals surface area (Å²) in [6.07, 6.45) is 2.22. The molecule has 0 radical (unpaired) electrons. The molecule has 1 aromatic heterocycles. The fourth-order valence-electron chi connectivity index (χ4n) is 1.03. The van der Waals surface area contributed by atoms with Crippen LogP contribution >= 0.6 is 0 Å². The molecule has 0 aliphatic rings. The summed E-state index contributed by atoms with van der Waals surface area (Å²) in [7, 11) is -0.858. The molecule has 1 N–H and O–H groups in total. The molecule has 1 rings (SSSR count). The van der Waals surface area contributed by atoms with Crippen molar-refractivity contribution in [1.29, 1.82) is 0 Å². The van der Waals surface area contributed by atoms with Crippen LogP contribution in [0.25, 0.3) is 0 Å². The second-order valence-corrected chi connectivity index (χ2v) is 4.72. The van der Waals surface area contributed by atoms with E-state index in [0.717, 1.165) is 6.42 Å². The zero-order valence-corrected chi connectivity index (χ0v) is 9.24. The largest absolute Gasteiger partial charge is 0.476 e. The normalized spacial score (nSPS) is 12.6. The summed E-state index contributed by atoms with van der Waals surface area (Å²) in [6, 6.07) is 0. The molecule has 15 heavy (non-hydrogen) atoms. The second kappa shape index (κ2) is 5.59. The first-order valence-electron chi connectivity index (χ1n) is 4.62. The highest BCUT2D eigenvalue weighted by atomic mass is 32.2. The predicted molar refractivity (Wildman–Crippen MR) is 55.1 cm³/mol. The van der Waals surface area contributed by atoms with Crippen molar-refractivity contribution in [2.75, 3.05) is 11.5 Å². The van der Waals surface area contributed by atoms with Crippen molar-refractivity contribution in [3.8, 4) is 0 Å². The minimum atomic E-state index is -1.10. The first-order valence-corrected chi connectivity index (χ1v) is 6.10. The Morgan fingerprint density at radius 3 is 2.87 bits per heavy atom. The number of aromatic nitrogens is 3. The Balaban J connectivity index is 2.44. The summed E-state index contributed by atoms with van der Waals surface area (Å²) in [5, 5.41) is 15.7. The molecule has 0 fully saturated rings. The molecule has 1 atom stereocenters. The third kappa shape index (κ3) is 3.78. The number of carboxylic acids is 1. The van der Waals surface area contributed by atoms with Crippen molar-refractivity contribution >= 4 is 16.8 Å². The molecule has 0 aliphatic carbocycles. The standard InChI is InChI=1S/C8H13N3O3S/c1-2-4-15(14)5-3-11-6-7(8(12)13)9-10-11/h6H,2-5H2,1H3,(H,12,13). The lowest BCUT2D eigenvalue weighted by Gasteiger charge is -1.99. The minimum absolute atomic E-state index is 0.0868. The number of nitrogens with zero attached hydrogens (tertiary/aromatic N) is 3. The molecule has 7 heteroatoms. The van der Waals surface area contributed by atoms with E-state index in [-0.39, 0.29) is 5.69 Å². The van der Waals surface area contributed by atoms with E-state index < -0.39 is 16.8 Å². The van der Waals surface area contributed by atoms with Gasteiger partial charge in [0.05, 0.1) is 12.7 Å². The number of carbonyl (C=O) groups is 1. The van der Waals surface area contributed by atoms with Gasteiger partial charge >= 0.3 is 5.97 Å². The van der Waals surface area contributed by atoms with Crippen molar-refractivity contribution in [1.82, 2.24) is 15.0 Å². The Bertz CT molecular complexity index is 364. The summed E-state index contributed by atoms with van der Waals surface area (Å²) in [4.78, 5) is 10.5. The fraction of sp³-hybridized carbons (Fsp3) is 0.625. The average molecular weight is 231 g/mol. The number of hydrogen-bond donors (Lipinski definition) is 1. The lowest BCUT2D eigenvalue weighted by Crippen LogP contribution is -2.10. The summed E-state index contributed by atoms with van der Waals surface area (Å²) >= 11 is 0. The molecule has 1 unspecified atom stereocenters. The first kappa shape index (κ1) is 11.8. The van der Waals surface area contributed by atoms with Gasteiger partial charge < -0.3 is 5.11 Å². The van der Waals surface area contributed by atoms with Crippen LogP contribution in [0.3, 0.4) is 0 Å². The predicted octanol–water partition coefficient (Wildman–Crippen LogP) is 0.135. The van der Waals surface area contributed by atoms with Crippen LogP contribution < -0.4 is 0 Å². The van der Waals surface area contributed by atoms with Crippen molar-refractivity contribution in [2.24, 2.45) is 0 Å². The third-order valence-corrected chi connectivity index (χ3v) is 3.24. The molecular formula is C8H13N3O3S. The van der Waals surface area contributed by atoms with Gasteiger partial charge in [-0.05, 0) is 6.42 Å². The zero-order valence-electron chi connectivity index (χ0n) is 8.42. The van der Waals surface area contributed by atoms with Crippen LogP contribution in [0.1, 0.15) is 23.8 Å². The third-order valence-electron chi connectivity index (χ3n) is 1.74. The highest BCUT2D eigenvalue weighted by molar-refractivity contribution is 7.84. The first-order chi connectivity index (χ1) is 7.13. The number of aromatic carboxylic acids is 1. The topological polar surface area (TPSA) is 85.1 Å². The molecule has 0 saturated carbocycles. The second-order valence-electron chi connectivity index (χ2n) is 3.02. The van der Waals surface area contributed by atoms with E-state index in [1.807, 2.05) is 6.92 Å². The van der Waals surface area contributed by atoms with E-state index in [1.165, 1.54) is 10.9 Å². The maximum absolute atomic E-state index is 11.3. The molecule has 0 spiro atoms. The van der Waals surface area contributed by atoms with Crippen molar-refractivity contribution in [3.63, 3.8) is 0 Å². The van der Waals surface area contributed by atoms with Crippen LogP contribution in [0, 0.1) is 0 Å². The summed E-state index contributed by atoms with van der Waals surface area (Å²) in [5.74, 6) is 0.0486. The molecule has 1 heterocycles. The van der Waals surface area contributed by atoms with Crippen LogP contribution in [0.2, 0.25) is 0 Å². The van der Waals surface area contributed by atoms with Crippen molar-refractivity contribution in [3.05, 3.63) is 11.9 Å². The Kier molecular flexibility index (Phi) is 4.41. The monoisotopic (exact) mass is 231 g/mol. The fourth-order valence-corrected chi connectivity index (χ4v) is 2.08. The van der Waals surface area contributed by atoms with E-state index in [4.69, 9.17) is 5.11 Å². The van der Waals surface area contributed by atoms with E-state index in [2.05, 4.69) is 10.3 Å². The van der Waals surface area contributed by atoms with E-state index >= 15 is 0 Å². The quantitative estimate of drug-likeness (QED) is 0.752. The molecule has 1 aromatic rings. The maximum atomic E-state index is 11.3. The van der Waals surface area contributed by atoms with Gasteiger partial charge in [0, 0.05) is 22.3 Å². The Morgan fingerprint density at radius 1 is 1.60 bits per heavy atom. The zero-order chi connectivity index (χ0) is 11.3. The molecule has 0 bridgehead atoms. The number of hydrogen-bond acceptors (Lipinski definition) is 4. The van der Waals surface area contributed by atoms with Crippen molar-refractivity contribution in [2.45, 2.75) is 19.9 Å². The number of carboxylic acid groups (broad SMARTS) is 1. The summed E-state index contributed by atoms with van der Waals surface area (Å²) in [5.41, 5.74) is -0.0868. The van der Waals surface area contributed by atoms with Gasteiger partial charge in [0.25, 0.3) is 0 Å². The van der Waals surface area contributed by atoms with Crippen LogP contribution in [-0.4, -0.2) is 41.8 Å². The highest BCUT2D eigenvalue weighted by Gasteiger charge is 2.08. The van der Waals surface area contributed by atoms with Crippen molar-refractivity contribution < 1.29 is 14.1 Å². The maximum Gasteiger partial charge on any atom is 0.358 e. The molecule has 0 aromatic carbocycles. The Labute approximate surface area is 89.7 Å². The van der Waals surface area contributed by atoms with Gasteiger partial charge in [-0.3, -0.25) is 8.89 Å². The van der Waals surface area contributed by atoms with E-state index in [0.29, 0.717) is 18.1 Å².